The van der Waals surface area contributed by atoms with Crippen LogP contribution in [0, 0.1) is 0 Å². The fourth-order valence-electron chi connectivity index (χ4n) is 2.75. The molecule has 1 N–H and O–H groups in total. The molecule has 2 heterocycles. The smallest absolute Gasteiger partial charge is 0.400 e. The van der Waals surface area contributed by atoms with Gasteiger partial charge < -0.3 is 9.31 Å². The Morgan fingerprint density at radius 1 is 1.15 bits per heavy atom. The summed E-state index contributed by atoms with van der Waals surface area (Å²) in [7, 11) is -0.464. The summed E-state index contributed by atoms with van der Waals surface area (Å²) in [5, 5.41) is 7.02. The lowest BCUT2D eigenvalue weighted by molar-refractivity contribution is -0.109. The van der Waals surface area contributed by atoms with Crippen LogP contribution >= 0.6 is 11.8 Å². The van der Waals surface area contributed by atoms with Crippen molar-refractivity contribution in [1.29, 1.82) is 0 Å². The Bertz CT molecular complexity index is 813. The molecule has 1 aliphatic heterocycles. The number of aromatic amines is 1. The Labute approximate surface area is 165 Å². The molecule has 0 atom stereocenters. The number of rotatable bonds is 5. The minimum absolute atomic E-state index is 0.0759. The Morgan fingerprint density at radius 3 is 2.30 bits per heavy atom. The normalized spacial score (nSPS) is 18.7. The fraction of sp³-hybridized carbons (Fsp3) is 0.400. The minimum Gasteiger partial charge on any atom is -0.400 e. The van der Waals surface area contributed by atoms with Gasteiger partial charge in [-0.15, -0.1) is 0 Å². The van der Waals surface area contributed by atoms with E-state index in [1.807, 2.05) is 58.0 Å². The zero-order valence-electron chi connectivity index (χ0n) is 16.4. The van der Waals surface area contributed by atoms with E-state index in [2.05, 4.69) is 16.3 Å². The molecule has 1 fully saturated rings. The molecule has 1 aliphatic rings. The molecule has 0 spiro atoms. The maximum absolute atomic E-state index is 11.5. The molecule has 0 radical (unpaired) electrons. The molecule has 0 bridgehead atoms. The van der Waals surface area contributed by atoms with Gasteiger partial charge in [0.25, 0.3) is 0 Å². The van der Waals surface area contributed by atoms with Crippen LogP contribution in [0.15, 0.2) is 42.0 Å². The van der Waals surface area contributed by atoms with Crippen molar-refractivity contribution in [2.75, 3.05) is 5.75 Å². The van der Waals surface area contributed by atoms with E-state index in [0.29, 0.717) is 5.75 Å². The SMILES string of the molecule is CC(=O)SCC(=Cc1ccc(-c2ccn[nH]2)cc1)B1OC(C)(C)C(C)(C)O1. The topological polar surface area (TPSA) is 64.2 Å². The Balaban J connectivity index is 1.85. The van der Waals surface area contributed by atoms with Gasteiger partial charge in [0.05, 0.1) is 16.9 Å². The average molecular weight is 384 g/mol. The van der Waals surface area contributed by atoms with Crippen molar-refractivity contribution in [3.8, 4) is 11.3 Å². The first-order chi connectivity index (χ1) is 12.7. The summed E-state index contributed by atoms with van der Waals surface area (Å²) in [6.07, 6.45) is 3.79. The quantitative estimate of drug-likeness (QED) is 0.776. The summed E-state index contributed by atoms with van der Waals surface area (Å²) in [6, 6.07) is 10.1. The molecule has 2 aromatic rings. The van der Waals surface area contributed by atoms with E-state index in [-0.39, 0.29) is 5.12 Å². The van der Waals surface area contributed by atoms with Gasteiger partial charge in [0, 0.05) is 18.9 Å². The summed E-state index contributed by atoms with van der Waals surface area (Å²) in [5.74, 6) is 0.536. The largest absolute Gasteiger partial charge is 0.491 e. The molecule has 0 aliphatic carbocycles. The molecule has 0 saturated carbocycles. The lowest BCUT2D eigenvalue weighted by atomic mass is 9.78. The molecule has 3 rings (SSSR count). The van der Waals surface area contributed by atoms with E-state index in [9.17, 15) is 4.79 Å². The molecule has 1 aromatic carbocycles. The van der Waals surface area contributed by atoms with Crippen LogP contribution in [0.1, 0.15) is 40.2 Å². The summed E-state index contributed by atoms with van der Waals surface area (Å²) < 4.78 is 12.4. The number of benzene rings is 1. The van der Waals surface area contributed by atoms with Crippen LogP contribution in [0.4, 0.5) is 0 Å². The number of thioether (sulfide) groups is 1. The van der Waals surface area contributed by atoms with Gasteiger partial charge in [-0.3, -0.25) is 9.89 Å². The highest BCUT2D eigenvalue weighted by molar-refractivity contribution is 8.13. The van der Waals surface area contributed by atoms with Crippen molar-refractivity contribution in [1.82, 2.24) is 10.2 Å². The van der Waals surface area contributed by atoms with Crippen LogP contribution in [-0.4, -0.2) is 39.4 Å². The van der Waals surface area contributed by atoms with Crippen LogP contribution in [-0.2, 0) is 14.1 Å². The third-order valence-electron chi connectivity index (χ3n) is 5.07. The Morgan fingerprint density at radius 2 is 1.78 bits per heavy atom. The highest BCUT2D eigenvalue weighted by atomic mass is 32.2. The maximum atomic E-state index is 11.5. The Kier molecular flexibility index (Phi) is 5.65. The summed E-state index contributed by atoms with van der Waals surface area (Å²) in [5.41, 5.74) is 3.20. The second-order valence-electron chi connectivity index (χ2n) is 7.68. The molecule has 142 valence electrons. The zero-order valence-corrected chi connectivity index (χ0v) is 17.2. The number of carbonyl (C=O) groups is 1. The third-order valence-corrected chi connectivity index (χ3v) is 5.96. The zero-order chi connectivity index (χ0) is 19.7. The second-order valence-corrected chi connectivity index (χ2v) is 8.83. The Hall–Kier alpha value is -1.83. The maximum Gasteiger partial charge on any atom is 0.491 e. The number of aromatic nitrogens is 2. The third kappa shape index (κ3) is 4.54. The van der Waals surface area contributed by atoms with E-state index in [4.69, 9.17) is 9.31 Å². The highest BCUT2D eigenvalue weighted by Crippen LogP contribution is 2.39. The standard InChI is InChI=1S/C20H25BN2O3S/c1-14(24)27-13-17(21-25-19(2,3)20(4,5)26-21)12-15-6-8-16(9-7-15)18-10-11-22-23-18/h6-12H,13H2,1-5H3,(H,22,23). The number of hydrogen-bond acceptors (Lipinski definition) is 5. The van der Waals surface area contributed by atoms with Gasteiger partial charge in [0.15, 0.2) is 5.12 Å². The molecule has 7 heteroatoms. The van der Waals surface area contributed by atoms with Gasteiger partial charge >= 0.3 is 7.12 Å². The van der Waals surface area contributed by atoms with Crippen LogP contribution in [0.5, 0.6) is 0 Å². The van der Waals surface area contributed by atoms with E-state index in [1.54, 1.807) is 13.1 Å². The van der Waals surface area contributed by atoms with Crippen molar-refractivity contribution >= 4 is 30.1 Å². The molecule has 1 aromatic heterocycles. The molecule has 0 unspecified atom stereocenters. The first-order valence-electron chi connectivity index (χ1n) is 8.97. The lowest BCUT2D eigenvalue weighted by Gasteiger charge is -2.32. The molecular formula is C20H25BN2O3S. The van der Waals surface area contributed by atoms with E-state index >= 15 is 0 Å². The number of hydrogen-bond donors (Lipinski definition) is 1. The van der Waals surface area contributed by atoms with Crippen molar-refractivity contribution < 1.29 is 14.1 Å². The number of H-pyrrole nitrogens is 1. The van der Waals surface area contributed by atoms with Crippen LogP contribution < -0.4 is 0 Å². The van der Waals surface area contributed by atoms with Gasteiger partial charge in [-0.2, -0.15) is 5.10 Å². The van der Waals surface area contributed by atoms with Crippen LogP contribution in [0.25, 0.3) is 17.3 Å². The highest BCUT2D eigenvalue weighted by Gasteiger charge is 2.52. The average Bonchev–Trinajstić information content (AvgIpc) is 3.18. The summed E-state index contributed by atoms with van der Waals surface area (Å²) >= 11 is 1.27. The van der Waals surface area contributed by atoms with Gasteiger partial charge in [0.2, 0.25) is 0 Å². The first kappa shape index (κ1) is 19.9. The van der Waals surface area contributed by atoms with Crippen molar-refractivity contribution in [2.24, 2.45) is 0 Å². The van der Waals surface area contributed by atoms with Crippen LogP contribution in [0.2, 0.25) is 0 Å². The predicted molar refractivity (Wildman–Crippen MR) is 111 cm³/mol. The van der Waals surface area contributed by atoms with E-state index in [0.717, 1.165) is 22.3 Å². The second kappa shape index (κ2) is 7.66. The van der Waals surface area contributed by atoms with Crippen molar-refractivity contribution in [2.45, 2.75) is 45.8 Å². The number of carbonyl (C=O) groups excluding carboxylic acids is 1. The first-order valence-corrected chi connectivity index (χ1v) is 9.96. The molecule has 5 nitrogen and oxygen atoms in total. The monoisotopic (exact) mass is 384 g/mol. The van der Waals surface area contributed by atoms with Crippen molar-refractivity contribution in [3.05, 3.63) is 47.6 Å². The van der Waals surface area contributed by atoms with Gasteiger partial charge in [-0.05, 0) is 50.4 Å². The van der Waals surface area contributed by atoms with Gasteiger partial charge in [-0.25, -0.2) is 0 Å². The predicted octanol–water partition coefficient (Wildman–Crippen LogP) is 4.37. The van der Waals surface area contributed by atoms with Crippen LogP contribution in [0.3, 0.4) is 0 Å². The van der Waals surface area contributed by atoms with E-state index in [1.165, 1.54) is 11.8 Å². The van der Waals surface area contributed by atoms with Crippen molar-refractivity contribution in [3.63, 3.8) is 0 Å². The molecule has 27 heavy (non-hydrogen) atoms. The van der Waals surface area contributed by atoms with Gasteiger partial charge in [0.1, 0.15) is 0 Å². The molecule has 0 amide bonds. The molecular weight excluding hydrogens is 359 g/mol. The van der Waals surface area contributed by atoms with E-state index < -0.39 is 18.3 Å². The molecule has 1 saturated heterocycles. The number of nitrogens with one attached hydrogen (secondary N) is 1. The summed E-state index contributed by atoms with van der Waals surface area (Å²) in [6.45, 7) is 9.69. The minimum atomic E-state index is -0.464. The number of nitrogens with zero attached hydrogens (tertiary/aromatic N) is 1. The lowest BCUT2D eigenvalue weighted by Crippen LogP contribution is -2.41. The van der Waals surface area contributed by atoms with Gasteiger partial charge in [-0.1, -0.05) is 42.1 Å². The summed E-state index contributed by atoms with van der Waals surface area (Å²) in [4.78, 5) is 11.5. The fourth-order valence-corrected chi connectivity index (χ4v) is 3.34.